The van der Waals surface area contributed by atoms with Gasteiger partial charge in [0.25, 0.3) is 0 Å². The van der Waals surface area contributed by atoms with E-state index in [-0.39, 0.29) is 12.5 Å². The third-order valence-corrected chi connectivity index (χ3v) is 4.22. The highest BCUT2D eigenvalue weighted by Gasteiger charge is 2.23. The Bertz CT molecular complexity index is 596. The molecule has 0 aliphatic carbocycles. The van der Waals surface area contributed by atoms with Crippen molar-refractivity contribution in [3.8, 4) is 10.6 Å². The van der Waals surface area contributed by atoms with Crippen LogP contribution in [0.2, 0.25) is 0 Å². The third-order valence-electron chi connectivity index (χ3n) is 3.33. The topological polar surface area (TPSA) is 75.8 Å². The SMILES string of the molecule is O=C(O)CC1CN(Cc2cc(-c3cccs3)on2)CCO1. The van der Waals surface area contributed by atoms with Crippen molar-refractivity contribution in [1.29, 1.82) is 0 Å². The molecule has 112 valence electrons. The number of hydrogen-bond acceptors (Lipinski definition) is 6. The van der Waals surface area contributed by atoms with E-state index in [4.69, 9.17) is 14.4 Å². The molecule has 3 rings (SSSR count). The zero-order chi connectivity index (χ0) is 14.7. The van der Waals surface area contributed by atoms with Gasteiger partial charge < -0.3 is 14.4 Å². The van der Waals surface area contributed by atoms with Crippen molar-refractivity contribution < 1.29 is 19.2 Å². The molecule has 1 aliphatic rings. The third kappa shape index (κ3) is 3.69. The van der Waals surface area contributed by atoms with E-state index < -0.39 is 5.97 Å². The molecule has 2 aromatic heterocycles. The van der Waals surface area contributed by atoms with E-state index in [2.05, 4.69) is 10.1 Å². The summed E-state index contributed by atoms with van der Waals surface area (Å²) < 4.78 is 10.8. The lowest BCUT2D eigenvalue weighted by atomic mass is 10.2. The Kier molecular flexibility index (Phi) is 4.33. The molecular weight excluding hydrogens is 292 g/mol. The molecule has 0 amide bonds. The molecule has 1 atom stereocenters. The van der Waals surface area contributed by atoms with Gasteiger partial charge in [0, 0.05) is 25.7 Å². The van der Waals surface area contributed by atoms with Crippen LogP contribution in [0.3, 0.4) is 0 Å². The Labute approximate surface area is 125 Å². The number of rotatable bonds is 5. The highest BCUT2D eigenvalue weighted by Crippen LogP contribution is 2.25. The summed E-state index contributed by atoms with van der Waals surface area (Å²) in [5, 5.41) is 14.9. The lowest BCUT2D eigenvalue weighted by molar-refractivity contribution is -0.142. The van der Waals surface area contributed by atoms with Crippen LogP contribution in [0.5, 0.6) is 0 Å². The molecule has 1 unspecified atom stereocenters. The van der Waals surface area contributed by atoms with Gasteiger partial charge in [-0.2, -0.15) is 0 Å². The minimum absolute atomic E-state index is 0.0375. The lowest BCUT2D eigenvalue weighted by Crippen LogP contribution is -2.42. The Balaban J connectivity index is 1.60. The maximum Gasteiger partial charge on any atom is 0.306 e. The van der Waals surface area contributed by atoms with Crippen LogP contribution in [0, 0.1) is 0 Å². The molecule has 1 aliphatic heterocycles. The summed E-state index contributed by atoms with van der Waals surface area (Å²) in [5.74, 6) is -0.0568. The molecule has 2 aromatic rings. The number of ether oxygens (including phenoxy) is 1. The first-order valence-corrected chi connectivity index (χ1v) is 7.64. The number of nitrogens with zero attached hydrogens (tertiary/aromatic N) is 2. The molecule has 7 heteroatoms. The van der Waals surface area contributed by atoms with E-state index in [1.54, 1.807) is 11.3 Å². The molecule has 0 aromatic carbocycles. The number of carboxylic acids is 1. The predicted octanol–water partition coefficient (Wildman–Crippen LogP) is 2.08. The Morgan fingerprint density at radius 2 is 2.48 bits per heavy atom. The maximum absolute atomic E-state index is 10.7. The zero-order valence-electron chi connectivity index (χ0n) is 11.4. The van der Waals surface area contributed by atoms with Crippen molar-refractivity contribution in [1.82, 2.24) is 10.1 Å². The quantitative estimate of drug-likeness (QED) is 0.911. The van der Waals surface area contributed by atoms with Crippen molar-refractivity contribution in [3.63, 3.8) is 0 Å². The van der Waals surface area contributed by atoms with Gasteiger partial charge in [0.05, 0.1) is 29.7 Å². The van der Waals surface area contributed by atoms with Gasteiger partial charge in [-0.15, -0.1) is 11.3 Å². The highest BCUT2D eigenvalue weighted by molar-refractivity contribution is 7.13. The minimum atomic E-state index is -0.830. The number of hydrogen-bond donors (Lipinski definition) is 1. The maximum atomic E-state index is 10.7. The predicted molar refractivity (Wildman–Crippen MR) is 77.1 cm³/mol. The van der Waals surface area contributed by atoms with Crippen LogP contribution < -0.4 is 0 Å². The van der Waals surface area contributed by atoms with Gasteiger partial charge in [-0.1, -0.05) is 11.2 Å². The summed E-state index contributed by atoms with van der Waals surface area (Å²) in [4.78, 5) is 13.9. The number of carboxylic acid groups (broad SMARTS) is 1. The molecule has 0 spiro atoms. The van der Waals surface area contributed by atoms with Gasteiger partial charge in [-0.25, -0.2) is 0 Å². The van der Waals surface area contributed by atoms with Crippen LogP contribution in [0.15, 0.2) is 28.1 Å². The number of aliphatic carboxylic acids is 1. The van der Waals surface area contributed by atoms with Crippen LogP contribution >= 0.6 is 11.3 Å². The molecule has 0 bridgehead atoms. The zero-order valence-corrected chi connectivity index (χ0v) is 12.2. The van der Waals surface area contributed by atoms with Gasteiger partial charge in [-0.3, -0.25) is 9.69 Å². The summed E-state index contributed by atoms with van der Waals surface area (Å²) in [5.41, 5.74) is 0.856. The summed E-state index contributed by atoms with van der Waals surface area (Å²) in [6, 6.07) is 5.90. The molecule has 0 saturated carbocycles. The van der Waals surface area contributed by atoms with Crippen molar-refractivity contribution in [2.75, 3.05) is 19.7 Å². The lowest BCUT2D eigenvalue weighted by Gasteiger charge is -2.31. The molecule has 21 heavy (non-hydrogen) atoms. The van der Waals surface area contributed by atoms with Crippen molar-refractivity contribution >= 4 is 17.3 Å². The second-order valence-corrected chi connectivity index (χ2v) is 5.93. The van der Waals surface area contributed by atoms with Gasteiger partial charge in [0.15, 0.2) is 5.76 Å². The first-order chi connectivity index (χ1) is 10.2. The summed E-state index contributed by atoms with van der Waals surface area (Å²) >= 11 is 1.61. The van der Waals surface area contributed by atoms with Crippen LogP contribution in [0.4, 0.5) is 0 Å². The van der Waals surface area contributed by atoms with Gasteiger partial charge in [-0.05, 0) is 11.4 Å². The fraction of sp³-hybridized carbons (Fsp3) is 0.429. The van der Waals surface area contributed by atoms with E-state index >= 15 is 0 Å². The molecule has 0 radical (unpaired) electrons. The first kappa shape index (κ1) is 14.2. The fourth-order valence-corrected chi connectivity index (χ4v) is 3.07. The van der Waals surface area contributed by atoms with E-state index in [9.17, 15) is 4.79 Å². The molecular formula is C14H16N2O4S. The van der Waals surface area contributed by atoms with Gasteiger partial charge in [0.2, 0.25) is 0 Å². The number of thiophene rings is 1. The van der Waals surface area contributed by atoms with Crippen LogP contribution in [-0.4, -0.2) is 46.9 Å². The molecule has 1 N–H and O–H groups in total. The second kappa shape index (κ2) is 6.38. The average Bonchev–Trinajstić information content (AvgIpc) is 3.08. The van der Waals surface area contributed by atoms with Gasteiger partial charge >= 0.3 is 5.97 Å². The standard InChI is InChI=1S/C14H16N2O4S/c17-14(18)7-11-9-16(3-4-19-11)8-10-6-12(20-15-10)13-2-1-5-21-13/h1-2,5-6,11H,3-4,7-9H2,(H,17,18). The molecule has 1 fully saturated rings. The second-order valence-electron chi connectivity index (χ2n) is 4.99. The van der Waals surface area contributed by atoms with Crippen LogP contribution in [0.1, 0.15) is 12.1 Å². The van der Waals surface area contributed by atoms with E-state index in [1.807, 2.05) is 23.6 Å². The van der Waals surface area contributed by atoms with Crippen molar-refractivity contribution in [2.45, 2.75) is 19.1 Å². The van der Waals surface area contributed by atoms with Crippen LogP contribution in [0.25, 0.3) is 10.6 Å². The molecule has 1 saturated heterocycles. The van der Waals surface area contributed by atoms with Crippen molar-refractivity contribution in [2.24, 2.45) is 0 Å². The minimum Gasteiger partial charge on any atom is -0.481 e. The summed E-state index contributed by atoms with van der Waals surface area (Å²) in [7, 11) is 0. The smallest absolute Gasteiger partial charge is 0.306 e. The number of carbonyl (C=O) groups is 1. The van der Waals surface area contributed by atoms with E-state index in [0.29, 0.717) is 19.7 Å². The van der Waals surface area contributed by atoms with Crippen molar-refractivity contribution in [3.05, 3.63) is 29.3 Å². The summed E-state index contributed by atoms with van der Waals surface area (Å²) in [6.07, 6.45) is -0.213. The van der Waals surface area contributed by atoms with E-state index in [1.165, 1.54) is 0 Å². The van der Waals surface area contributed by atoms with Gasteiger partial charge in [0.1, 0.15) is 0 Å². The van der Waals surface area contributed by atoms with Crippen LogP contribution in [-0.2, 0) is 16.1 Å². The van der Waals surface area contributed by atoms with E-state index in [0.717, 1.165) is 22.9 Å². The summed E-state index contributed by atoms with van der Waals surface area (Å²) in [6.45, 7) is 2.58. The highest BCUT2D eigenvalue weighted by atomic mass is 32.1. The average molecular weight is 308 g/mol. The largest absolute Gasteiger partial charge is 0.481 e. The first-order valence-electron chi connectivity index (χ1n) is 6.76. The Morgan fingerprint density at radius 1 is 1.57 bits per heavy atom. The Morgan fingerprint density at radius 3 is 3.24 bits per heavy atom. The number of aromatic nitrogens is 1. The monoisotopic (exact) mass is 308 g/mol. The number of morpholine rings is 1. The normalized spacial score (nSPS) is 19.7. The Hall–Kier alpha value is -1.70. The molecule has 3 heterocycles. The fourth-order valence-electron chi connectivity index (χ4n) is 2.39. The molecule has 6 nitrogen and oxygen atoms in total.